The number of carbonyl (C=O) groups excluding carboxylic acids is 1. The summed E-state index contributed by atoms with van der Waals surface area (Å²) in [5.74, 6) is 5.96. The lowest BCUT2D eigenvalue weighted by Crippen LogP contribution is -2.24. The number of rotatable bonds is 2. The molecule has 2 unspecified atom stereocenters. The molecule has 0 radical (unpaired) electrons. The molecule has 0 bridgehead atoms. The second-order valence-corrected chi connectivity index (χ2v) is 5.52. The van der Waals surface area contributed by atoms with Crippen LogP contribution >= 0.6 is 11.3 Å². The van der Waals surface area contributed by atoms with E-state index in [0.717, 1.165) is 24.1 Å². The molecule has 5 heteroatoms. The molecule has 0 aromatic carbocycles. The maximum atomic E-state index is 12.0. The number of nitrogens with one attached hydrogen (secondary N) is 1. The van der Waals surface area contributed by atoms with E-state index in [1.165, 1.54) is 11.3 Å². The van der Waals surface area contributed by atoms with Gasteiger partial charge in [-0.1, -0.05) is 36.5 Å². The first kappa shape index (κ1) is 13.1. The first-order chi connectivity index (χ1) is 8.70. The van der Waals surface area contributed by atoms with Crippen molar-refractivity contribution in [3.63, 3.8) is 0 Å². The van der Waals surface area contributed by atoms with Gasteiger partial charge in [-0.05, 0) is 18.8 Å². The highest BCUT2D eigenvalue weighted by Crippen LogP contribution is 2.32. The van der Waals surface area contributed by atoms with Crippen LogP contribution in [0, 0.1) is 23.7 Å². The Hall–Kier alpha value is -1.38. The summed E-state index contributed by atoms with van der Waals surface area (Å²) in [6.07, 6.45) is 4.84. The minimum absolute atomic E-state index is 0.0658. The number of amides is 1. The number of aromatic nitrogens is 1. The molecular weight excluding hydrogens is 248 g/mol. The fourth-order valence-electron chi connectivity index (χ4n) is 2.25. The molecule has 2 N–H and O–H groups in total. The van der Waals surface area contributed by atoms with Crippen LogP contribution in [0.15, 0.2) is 6.20 Å². The Balaban J connectivity index is 1.96. The summed E-state index contributed by atoms with van der Waals surface area (Å²) >= 11 is 1.33. The summed E-state index contributed by atoms with van der Waals surface area (Å²) in [4.78, 5) is 16.9. The van der Waals surface area contributed by atoms with Crippen molar-refractivity contribution in [3.8, 4) is 11.8 Å². The van der Waals surface area contributed by atoms with Crippen LogP contribution in [-0.2, 0) is 4.79 Å². The highest BCUT2D eigenvalue weighted by atomic mass is 32.1. The monoisotopic (exact) mass is 264 g/mol. The normalized spacial score (nSPS) is 22.3. The van der Waals surface area contributed by atoms with Gasteiger partial charge in [0.25, 0.3) is 0 Å². The quantitative estimate of drug-likeness (QED) is 0.801. The zero-order valence-electron chi connectivity index (χ0n) is 10.3. The molecule has 4 nitrogen and oxygen atoms in total. The number of nitrogens with zero attached hydrogens (tertiary/aromatic N) is 1. The van der Waals surface area contributed by atoms with Gasteiger partial charge < -0.3 is 10.4 Å². The lowest BCUT2D eigenvalue weighted by atomic mass is 9.97. The maximum absolute atomic E-state index is 12.0. The second-order valence-electron chi connectivity index (χ2n) is 4.49. The largest absolute Gasteiger partial charge is 0.384 e. The maximum Gasteiger partial charge on any atom is 0.229 e. The Bertz CT molecular complexity index is 487. The molecule has 0 saturated heterocycles. The molecule has 1 heterocycles. The van der Waals surface area contributed by atoms with E-state index < -0.39 is 0 Å². The van der Waals surface area contributed by atoms with E-state index in [4.69, 9.17) is 5.11 Å². The molecule has 1 aromatic rings. The Labute approximate surface area is 110 Å². The van der Waals surface area contributed by atoms with Gasteiger partial charge in [0.1, 0.15) is 6.61 Å². The number of anilines is 1. The average Bonchev–Trinajstić information content (AvgIpc) is 2.95. The molecule has 18 heavy (non-hydrogen) atoms. The number of hydrogen-bond donors (Lipinski definition) is 2. The van der Waals surface area contributed by atoms with E-state index in [0.29, 0.717) is 11.0 Å². The molecule has 1 aromatic heterocycles. The van der Waals surface area contributed by atoms with Crippen molar-refractivity contribution in [1.29, 1.82) is 0 Å². The predicted molar refractivity (Wildman–Crippen MR) is 71.2 cm³/mol. The minimum atomic E-state index is -0.167. The Morgan fingerprint density at radius 1 is 1.67 bits per heavy atom. The van der Waals surface area contributed by atoms with Crippen LogP contribution in [0.4, 0.5) is 5.13 Å². The molecular formula is C13H16N2O2S. The molecule has 1 saturated carbocycles. The molecule has 1 fully saturated rings. The van der Waals surface area contributed by atoms with E-state index in [1.807, 2.05) is 0 Å². The van der Waals surface area contributed by atoms with E-state index in [9.17, 15) is 4.79 Å². The van der Waals surface area contributed by atoms with E-state index >= 15 is 0 Å². The first-order valence-corrected chi connectivity index (χ1v) is 6.88. The summed E-state index contributed by atoms with van der Waals surface area (Å²) in [6, 6.07) is 0. The third-order valence-electron chi connectivity index (χ3n) is 3.22. The molecule has 1 aliphatic rings. The smallest absolute Gasteiger partial charge is 0.229 e. The van der Waals surface area contributed by atoms with Crippen molar-refractivity contribution >= 4 is 22.4 Å². The van der Waals surface area contributed by atoms with Crippen molar-refractivity contribution in [2.75, 3.05) is 11.9 Å². The van der Waals surface area contributed by atoms with Gasteiger partial charge in [-0.25, -0.2) is 4.98 Å². The van der Waals surface area contributed by atoms with Crippen LogP contribution in [-0.4, -0.2) is 22.6 Å². The van der Waals surface area contributed by atoms with Crippen LogP contribution in [0.25, 0.3) is 0 Å². The van der Waals surface area contributed by atoms with Gasteiger partial charge in [-0.3, -0.25) is 4.79 Å². The topological polar surface area (TPSA) is 62.2 Å². The summed E-state index contributed by atoms with van der Waals surface area (Å²) in [7, 11) is 0. The zero-order chi connectivity index (χ0) is 13.0. The van der Waals surface area contributed by atoms with Gasteiger partial charge in [0.15, 0.2) is 5.13 Å². The van der Waals surface area contributed by atoms with E-state index in [1.54, 1.807) is 6.20 Å². The fraction of sp³-hybridized carbons (Fsp3) is 0.538. The van der Waals surface area contributed by atoms with Crippen LogP contribution < -0.4 is 5.32 Å². The predicted octanol–water partition coefficient (Wildman–Crippen LogP) is 1.86. The highest BCUT2D eigenvalue weighted by Gasteiger charge is 2.29. The van der Waals surface area contributed by atoms with Crippen LogP contribution in [0.3, 0.4) is 0 Å². The molecule has 1 aliphatic carbocycles. The third-order valence-corrected chi connectivity index (χ3v) is 4.05. The number of aliphatic hydroxyl groups excluding tert-OH is 1. The van der Waals surface area contributed by atoms with Gasteiger partial charge in [0.2, 0.25) is 5.91 Å². The molecule has 96 valence electrons. The van der Waals surface area contributed by atoms with Crippen molar-refractivity contribution in [1.82, 2.24) is 4.98 Å². The highest BCUT2D eigenvalue weighted by molar-refractivity contribution is 7.16. The van der Waals surface area contributed by atoms with Crippen LogP contribution in [0.2, 0.25) is 0 Å². The average molecular weight is 264 g/mol. The fourth-order valence-corrected chi connectivity index (χ4v) is 2.94. The van der Waals surface area contributed by atoms with E-state index in [2.05, 4.69) is 29.1 Å². The van der Waals surface area contributed by atoms with Gasteiger partial charge >= 0.3 is 0 Å². The van der Waals surface area contributed by atoms with Crippen molar-refractivity contribution < 1.29 is 9.90 Å². The molecule has 1 amide bonds. The Morgan fingerprint density at radius 3 is 3.17 bits per heavy atom. The zero-order valence-corrected chi connectivity index (χ0v) is 11.1. The van der Waals surface area contributed by atoms with E-state index in [-0.39, 0.29) is 18.4 Å². The summed E-state index contributed by atoms with van der Waals surface area (Å²) in [5, 5.41) is 12.0. The lowest BCUT2D eigenvalue weighted by molar-refractivity contribution is -0.120. The number of hydrogen-bond acceptors (Lipinski definition) is 4. The standard InChI is InChI=1S/C13H16N2O2S/c1-9-4-2-6-11(9)12(17)15-13-14-8-10(18-13)5-3-7-16/h8-9,11,16H,2,4,6-7H2,1H3,(H,14,15,17). The molecule has 0 spiro atoms. The van der Waals surface area contributed by atoms with Gasteiger partial charge in [-0.2, -0.15) is 0 Å². The van der Waals surface area contributed by atoms with Crippen LogP contribution in [0.5, 0.6) is 0 Å². The molecule has 2 atom stereocenters. The third kappa shape index (κ3) is 3.09. The Morgan fingerprint density at radius 2 is 2.50 bits per heavy atom. The molecule has 2 rings (SSSR count). The summed E-state index contributed by atoms with van der Waals surface area (Å²) < 4.78 is 0. The van der Waals surface area contributed by atoms with Crippen LogP contribution in [0.1, 0.15) is 31.1 Å². The minimum Gasteiger partial charge on any atom is -0.384 e. The molecule has 0 aliphatic heterocycles. The van der Waals surface area contributed by atoms with Crippen molar-refractivity contribution in [2.45, 2.75) is 26.2 Å². The number of carbonyl (C=O) groups is 1. The van der Waals surface area contributed by atoms with Gasteiger partial charge in [-0.15, -0.1) is 0 Å². The Kier molecular flexibility index (Phi) is 4.34. The van der Waals surface area contributed by atoms with Gasteiger partial charge in [0, 0.05) is 5.92 Å². The summed E-state index contributed by atoms with van der Waals surface area (Å²) in [5.41, 5.74) is 0. The number of aliphatic hydroxyl groups is 1. The number of thiazole rings is 1. The summed E-state index contributed by atoms with van der Waals surface area (Å²) in [6.45, 7) is 1.95. The van der Waals surface area contributed by atoms with Gasteiger partial charge in [0.05, 0.1) is 11.1 Å². The second kappa shape index (κ2) is 5.98. The van der Waals surface area contributed by atoms with Crippen molar-refractivity contribution in [2.24, 2.45) is 11.8 Å². The lowest BCUT2D eigenvalue weighted by Gasteiger charge is -2.13. The SMILES string of the molecule is CC1CCCC1C(=O)Nc1ncc(C#CCO)s1. The van der Waals surface area contributed by atoms with Crippen molar-refractivity contribution in [3.05, 3.63) is 11.1 Å². The first-order valence-electron chi connectivity index (χ1n) is 6.07.